The monoisotopic (exact) mass is 311 g/mol. The van der Waals surface area contributed by atoms with E-state index in [1.165, 1.54) is 25.8 Å². The molecule has 0 aliphatic carbocycles. The van der Waals surface area contributed by atoms with Crippen molar-refractivity contribution in [1.29, 1.82) is 0 Å². The van der Waals surface area contributed by atoms with E-state index < -0.39 is 18.0 Å². The summed E-state index contributed by atoms with van der Waals surface area (Å²) < 4.78 is 4.64. The highest BCUT2D eigenvalue weighted by molar-refractivity contribution is 7.98. The van der Waals surface area contributed by atoms with Gasteiger partial charge in [-0.15, -0.1) is 0 Å². The molecule has 0 unspecified atom stereocenters. The second kappa shape index (κ2) is 8.31. The summed E-state index contributed by atoms with van der Waals surface area (Å²) in [5.74, 6) is -1.08. The molecule has 1 aromatic carbocycles. The fraction of sp³-hybridized carbons (Fsp3) is 0.357. The number of hydrogen-bond donors (Lipinski definition) is 2. The van der Waals surface area contributed by atoms with E-state index in [-0.39, 0.29) is 11.7 Å². The summed E-state index contributed by atoms with van der Waals surface area (Å²) in [7, 11) is 1.31. The van der Waals surface area contributed by atoms with Gasteiger partial charge in [-0.3, -0.25) is 4.79 Å². The molecule has 21 heavy (non-hydrogen) atoms. The summed E-state index contributed by atoms with van der Waals surface area (Å²) in [6.07, 6.45) is 0. The number of carbonyl (C=O) groups is 3. The van der Waals surface area contributed by atoms with Gasteiger partial charge in [-0.1, -0.05) is 12.1 Å². The lowest BCUT2D eigenvalue weighted by Gasteiger charge is -2.12. The molecule has 6 nitrogen and oxygen atoms in total. The number of rotatable bonds is 7. The van der Waals surface area contributed by atoms with Crippen molar-refractivity contribution in [2.75, 3.05) is 12.9 Å². The normalized spacial score (nSPS) is 11.5. The number of esters is 1. The van der Waals surface area contributed by atoms with E-state index in [1.54, 1.807) is 18.2 Å². The topological polar surface area (TPSA) is 92.7 Å². The van der Waals surface area contributed by atoms with Gasteiger partial charge in [-0.2, -0.15) is 11.8 Å². The predicted octanol–water partition coefficient (Wildman–Crippen LogP) is 1.30. The Morgan fingerprint density at radius 2 is 2.10 bits per heavy atom. The Balaban J connectivity index is 2.56. The Morgan fingerprint density at radius 1 is 1.38 bits per heavy atom. The van der Waals surface area contributed by atoms with E-state index >= 15 is 0 Å². The standard InChI is InChI=1S/C14H17NO5S/c1-9(16)15-12(13(17)18)8-21-7-10-4-3-5-11(6-10)14(19)20-2/h3-6,12H,7-8H2,1-2H3,(H,15,16)(H,17,18)/t12-/m0/s1. The largest absolute Gasteiger partial charge is 0.480 e. The van der Waals surface area contributed by atoms with Crippen molar-refractivity contribution in [3.05, 3.63) is 35.4 Å². The maximum atomic E-state index is 11.4. The zero-order chi connectivity index (χ0) is 15.8. The molecule has 0 radical (unpaired) electrons. The van der Waals surface area contributed by atoms with Crippen LogP contribution in [0.25, 0.3) is 0 Å². The third kappa shape index (κ3) is 5.86. The first-order valence-electron chi connectivity index (χ1n) is 6.19. The van der Waals surface area contributed by atoms with E-state index in [0.717, 1.165) is 5.56 Å². The lowest BCUT2D eigenvalue weighted by molar-refractivity contribution is -0.140. The van der Waals surface area contributed by atoms with Crippen LogP contribution in [0.5, 0.6) is 0 Å². The van der Waals surface area contributed by atoms with Gasteiger partial charge < -0.3 is 15.2 Å². The van der Waals surface area contributed by atoms with Gasteiger partial charge in [-0.25, -0.2) is 9.59 Å². The third-order valence-corrected chi connectivity index (χ3v) is 3.68. The summed E-state index contributed by atoms with van der Waals surface area (Å²) >= 11 is 1.37. The Hall–Kier alpha value is -2.02. The molecular weight excluding hydrogens is 294 g/mol. The van der Waals surface area contributed by atoms with Crippen molar-refractivity contribution >= 4 is 29.6 Å². The van der Waals surface area contributed by atoms with E-state index in [9.17, 15) is 14.4 Å². The molecule has 0 saturated carbocycles. The summed E-state index contributed by atoms with van der Waals surface area (Å²) in [6.45, 7) is 1.28. The zero-order valence-electron chi connectivity index (χ0n) is 11.8. The molecule has 0 saturated heterocycles. The van der Waals surface area contributed by atoms with Crippen LogP contribution in [-0.2, 0) is 20.1 Å². The number of carboxylic acids is 1. The lowest BCUT2D eigenvalue weighted by atomic mass is 10.1. The van der Waals surface area contributed by atoms with Crippen molar-refractivity contribution in [2.45, 2.75) is 18.7 Å². The van der Waals surface area contributed by atoms with Crippen molar-refractivity contribution in [3.8, 4) is 0 Å². The molecule has 1 rings (SSSR count). The lowest BCUT2D eigenvalue weighted by Crippen LogP contribution is -2.41. The number of ether oxygens (including phenoxy) is 1. The van der Waals surface area contributed by atoms with Gasteiger partial charge in [0.1, 0.15) is 6.04 Å². The maximum absolute atomic E-state index is 11.4. The SMILES string of the molecule is COC(=O)c1cccc(CSC[C@H](NC(C)=O)C(=O)O)c1. The van der Waals surface area contributed by atoms with Gasteiger partial charge in [0.15, 0.2) is 0 Å². The van der Waals surface area contributed by atoms with E-state index in [0.29, 0.717) is 11.3 Å². The van der Waals surface area contributed by atoms with Crippen LogP contribution in [0.1, 0.15) is 22.8 Å². The smallest absolute Gasteiger partial charge is 0.337 e. The molecule has 7 heteroatoms. The summed E-state index contributed by atoms with van der Waals surface area (Å²) in [6, 6.07) is 6.01. The molecule has 0 heterocycles. The Bertz CT molecular complexity index is 532. The zero-order valence-corrected chi connectivity index (χ0v) is 12.6. The van der Waals surface area contributed by atoms with Gasteiger partial charge in [0.05, 0.1) is 12.7 Å². The fourth-order valence-corrected chi connectivity index (χ4v) is 2.62. The Kier molecular flexibility index (Phi) is 6.74. The minimum Gasteiger partial charge on any atom is -0.480 e. The van der Waals surface area contributed by atoms with Crippen LogP contribution in [0.15, 0.2) is 24.3 Å². The molecule has 1 atom stereocenters. The highest BCUT2D eigenvalue weighted by Crippen LogP contribution is 2.15. The first-order valence-corrected chi connectivity index (χ1v) is 7.34. The van der Waals surface area contributed by atoms with Crippen LogP contribution in [0.4, 0.5) is 0 Å². The number of thioether (sulfide) groups is 1. The molecule has 0 bridgehead atoms. The number of amides is 1. The molecule has 0 fully saturated rings. The number of carbonyl (C=O) groups excluding carboxylic acids is 2. The number of carboxylic acid groups (broad SMARTS) is 1. The first kappa shape index (κ1) is 17.0. The van der Waals surface area contributed by atoms with E-state index in [2.05, 4.69) is 10.1 Å². The van der Waals surface area contributed by atoms with E-state index in [1.807, 2.05) is 6.07 Å². The van der Waals surface area contributed by atoms with Gasteiger partial charge >= 0.3 is 11.9 Å². The average molecular weight is 311 g/mol. The van der Waals surface area contributed by atoms with Crippen molar-refractivity contribution < 1.29 is 24.2 Å². The van der Waals surface area contributed by atoms with Gasteiger partial charge in [0.2, 0.25) is 5.91 Å². The maximum Gasteiger partial charge on any atom is 0.337 e. The second-order valence-electron chi connectivity index (χ2n) is 4.30. The number of nitrogens with one attached hydrogen (secondary N) is 1. The van der Waals surface area contributed by atoms with Gasteiger partial charge in [0, 0.05) is 18.4 Å². The van der Waals surface area contributed by atoms with Crippen LogP contribution in [0.3, 0.4) is 0 Å². The van der Waals surface area contributed by atoms with Crippen LogP contribution < -0.4 is 5.32 Å². The molecule has 114 valence electrons. The Morgan fingerprint density at radius 3 is 2.67 bits per heavy atom. The predicted molar refractivity (Wildman–Crippen MR) is 79.2 cm³/mol. The molecule has 0 spiro atoms. The summed E-state index contributed by atoms with van der Waals surface area (Å²) in [4.78, 5) is 33.3. The molecule has 0 aliphatic rings. The van der Waals surface area contributed by atoms with Crippen molar-refractivity contribution in [1.82, 2.24) is 5.32 Å². The fourth-order valence-electron chi connectivity index (χ4n) is 1.62. The van der Waals surface area contributed by atoms with Crippen LogP contribution in [-0.4, -0.2) is 41.9 Å². The number of aliphatic carboxylic acids is 1. The van der Waals surface area contributed by atoms with Gasteiger partial charge in [0.25, 0.3) is 0 Å². The first-order chi connectivity index (χ1) is 9.93. The minimum atomic E-state index is -1.07. The number of methoxy groups -OCH3 is 1. The van der Waals surface area contributed by atoms with E-state index in [4.69, 9.17) is 5.11 Å². The third-order valence-electron chi connectivity index (χ3n) is 2.58. The average Bonchev–Trinajstić information content (AvgIpc) is 2.45. The number of hydrogen-bond acceptors (Lipinski definition) is 5. The Labute approximate surface area is 126 Å². The molecule has 2 N–H and O–H groups in total. The molecule has 0 aromatic heterocycles. The highest BCUT2D eigenvalue weighted by atomic mass is 32.2. The summed E-state index contributed by atoms with van der Waals surface area (Å²) in [5.41, 5.74) is 1.34. The quantitative estimate of drug-likeness (QED) is 0.737. The molecule has 0 aliphatic heterocycles. The highest BCUT2D eigenvalue weighted by Gasteiger charge is 2.18. The molecular formula is C14H17NO5S. The van der Waals surface area contributed by atoms with Crippen LogP contribution >= 0.6 is 11.8 Å². The van der Waals surface area contributed by atoms with Crippen LogP contribution in [0.2, 0.25) is 0 Å². The second-order valence-corrected chi connectivity index (χ2v) is 5.33. The van der Waals surface area contributed by atoms with Crippen molar-refractivity contribution in [2.24, 2.45) is 0 Å². The number of benzene rings is 1. The van der Waals surface area contributed by atoms with Crippen LogP contribution in [0, 0.1) is 0 Å². The van der Waals surface area contributed by atoms with Gasteiger partial charge in [-0.05, 0) is 17.7 Å². The molecule has 1 amide bonds. The minimum absolute atomic E-state index is 0.247. The van der Waals surface area contributed by atoms with Crippen molar-refractivity contribution in [3.63, 3.8) is 0 Å². The summed E-state index contributed by atoms with van der Waals surface area (Å²) in [5, 5.41) is 11.3. The molecule has 1 aromatic rings.